The van der Waals surface area contributed by atoms with Gasteiger partial charge in [0.2, 0.25) is 0 Å². The highest BCUT2D eigenvalue weighted by atomic mass is 16.1. The molecule has 1 atom stereocenters. The van der Waals surface area contributed by atoms with Crippen molar-refractivity contribution in [1.82, 2.24) is 10.2 Å². The molecule has 28 heavy (non-hydrogen) atoms. The van der Waals surface area contributed by atoms with Crippen LogP contribution in [-0.2, 0) is 5.41 Å². The molecule has 0 aliphatic carbocycles. The number of aromatic amines is 1. The molecule has 0 aliphatic heterocycles. The monoisotopic (exact) mass is 390 g/mol. The van der Waals surface area contributed by atoms with E-state index in [-0.39, 0.29) is 11.0 Å². The summed E-state index contributed by atoms with van der Waals surface area (Å²) in [4.78, 5) is 11.5. The first kappa shape index (κ1) is 24.9. The normalized spacial score (nSPS) is 13.8. The summed E-state index contributed by atoms with van der Waals surface area (Å²) in [5.41, 5.74) is 1.16. The fourth-order valence-corrected chi connectivity index (χ4v) is 4.49. The third kappa shape index (κ3) is 9.89. The maximum atomic E-state index is 11.5. The molecule has 1 N–H and O–H groups in total. The van der Waals surface area contributed by atoms with Gasteiger partial charge in [0.15, 0.2) is 0 Å². The highest BCUT2D eigenvalue weighted by Gasteiger charge is 2.32. The molecule has 0 amide bonds. The lowest BCUT2D eigenvalue weighted by atomic mass is 9.72. The summed E-state index contributed by atoms with van der Waals surface area (Å²) in [5.74, 6) is 0.848. The molecule has 1 aromatic rings. The summed E-state index contributed by atoms with van der Waals surface area (Å²) in [6.07, 6.45) is 19.4. The van der Waals surface area contributed by atoms with Crippen LogP contribution in [0.5, 0.6) is 0 Å². The molecule has 0 aliphatic rings. The zero-order valence-electron chi connectivity index (χ0n) is 19.2. The molecule has 1 rings (SSSR count). The number of H-pyrrole nitrogens is 1. The zero-order chi connectivity index (χ0) is 20.7. The van der Waals surface area contributed by atoms with E-state index in [4.69, 9.17) is 0 Å². The van der Waals surface area contributed by atoms with E-state index in [1.165, 1.54) is 96.3 Å². The molecule has 3 heteroatoms. The first-order valence-corrected chi connectivity index (χ1v) is 12.1. The third-order valence-electron chi connectivity index (χ3n) is 6.15. The molecule has 0 radical (unpaired) electrons. The van der Waals surface area contributed by atoms with Gasteiger partial charge in [-0.25, -0.2) is 5.10 Å². The highest BCUT2D eigenvalue weighted by Crippen LogP contribution is 2.38. The molecule has 0 bridgehead atoms. The molecule has 0 saturated heterocycles. The van der Waals surface area contributed by atoms with Crippen molar-refractivity contribution < 1.29 is 0 Å². The predicted molar refractivity (Wildman–Crippen MR) is 122 cm³/mol. The maximum Gasteiger partial charge on any atom is 0.264 e. The van der Waals surface area contributed by atoms with Crippen LogP contribution in [0.3, 0.4) is 0 Å². The van der Waals surface area contributed by atoms with Gasteiger partial charge in [-0.15, -0.1) is 0 Å². The van der Waals surface area contributed by atoms with Crippen LogP contribution in [0, 0.1) is 5.92 Å². The molecule has 1 unspecified atom stereocenters. The zero-order valence-corrected chi connectivity index (χ0v) is 19.2. The molecular formula is C25H46N2O. The minimum absolute atomic E-state index is 0.0971. The predicted octanol–water partition coefficient (Wildman–Crippen LogP) is 7.56. The Balaban J connectivity index is 2.52. The van der Waals surface area contributed by atoms with Crippen LogP contribution in [0.25, 0.3) is 0 Å². The van der Waals surface area contributed by atoms with Crippen LogP contribution < -0.4 is 5.56 Å². The van der Waals surface area contributed by atoms with Crippen LogP contribution in [0.15, 0.2) is 16.9 Å². The third-order valence-corrected chi connectivity index (χ3v) is 6.15. The van der Waals surface area contributed by atoms with Crippen molar-refractivity contribution in [3.63, 3.8) is 0 Å². The Morgan fingerprint density at radius 3 is 1.96 bits per heavy atom. The van der Waals surface area contributed by atoms with Gasteiger partial charge in [-0.2, -0.15) is 5.10 Å². The average Bonchev–Trinajstić information content (AvgIpc) is 2.67. The van der Waals surface area contributed by atoms with E-state index in [1.54, 1.807) is 6.07 Å². The summed E-state index contributed by atoms with van der Waals surface area (Å²) < 4.78 is 0. The summed E-state index contributed by atoms with van der Waals surface area (Å²) in [7, 11) is 0. The lowest BCUT2D eigenvalue weighted by molar-refractivity contribution is 0.298. The molecule has 1 heterocycles. The van der Waals surface area contributed by atoms with Gasteiger partial charge in [-0.3, -0.25) is 4.79 Å². The number of rotatable bonds is 17. The summed E-state index contributed by atoms with van der Waals surface area (Å²) in [6, 6.07) is 3.64. The Morgan fingerprint density at radius 2 is 1.43 bits per heavy atom. The Labute approximate surface area is 174 Å². The van der Waals surface area contributed by atoms with Gasteiger partial charge >= 0.3 is 0 Å². The molecule has 0 fully saturated rings. The van der Waals surface area contributed by atoms with E-state index in [0.29, 0.717) is 0 Å². The molecule has 1 aromatic heterocycles. The maximum absolute atomic E-state index is 11.5. The van der Waals surface area contributed by atoms with Crippen LogP contribution in [0.4, 0.5) is 0 Å². The molecule has 0 aromatic carbocycles. The molecule has 0 spiro atoms. The van der Waals surface area contributed by atoms with E-state index in [2.05, 4.69) is 37.9 Å². The second-order valence-electron chi connectivity index (χ2n) is 9.20. The Bertz CT molecular complexity index is 531. The largest absolute Gasteiger partial charge is 0.268 e. The van der Waals surface area contributed by atoms with Gasteiger partial charge in [0.1, 0.15) is 0 Å². The van der Waals surface area contributed by atoms with E-state index in [1.807, 2.05) is 6.07 Å². The van der Waals surface area contributed by atoms with Gasteiger partial charge in [0.25, 0.3) is 5.56 Å². The van der Waals surface area contributed by atoms with Gasteiger partial charge < -0.3 is 0 Å². The molecule has 0 saturated carbocycles. The second kappa shape index (κ2) is 14.8. The number of hydrogen-bond donors (Lipinski definition) is 1. The van der Waals surface area contributed by atoms with Gasteiger partial charge in [-0.1, -0.05) is 105 Å². The number of hydrogen-bond acceptors (Lipinski definition) is 2. The SMILES string of the molecule is CCCCCC(CCC)(CCCCCCCCCC(C)C)c1ccc(=O)[nH]n1. The van der Waals surface area contributed by atoms with E-state index in [0.717, 1.165) is 11.6 Å². The van der Waals surface area contributed by atoms with E-state index < -0.39 is 0 Å². The number of unbranched alkanes of at least 4 members (excludes halogenated alkanes) is 8. The van der Waals surface area contributed by atoms with Crippen molar-refractivity contribution >= 4 is 0 Å². The first-order chi connectivity index (χ1) is 13.5. The average molecular weight is 391 g/mol. The van der Waals surface area contributed by atoms with Gasteiger partial charge in [0, 0.05) is 11.5 Å². The van der Waals surface area contributed by atoms with Crippen molar-refractivity contribution in [2.75, 3.05) is 0 Å². The van der Waals surface area contributed by atoms with Crippen molar-refractivity contribution in [2.24, 2.45) is 5.92 Å². The topological polar surface area (TPSA) is 45.8 Å². The van der Waals surface area contributed by atoms with Crippen LogP contribution in [0.1, 0.15) is 130 Å². The van der Waals surface area contributed by atoms with Gasteiger partial charge in [0.05, 0.1) is 5.69 Å². The minimum Gasteiger partial charge on any atom is -0.268 e. The van der Waals surface area contributed by atoms with Crippen molar-refractivity contribution in [2.45, 2.75) is 129 Å². The summed E-state index contributed by atoms with van der Waals surface area (Å²) in [5, 5.41) is 7.16. The number of nitrogens with zero attached hydrogens (tertiary/aromatic N) is 1. The first-order valence-electron chi connectivity index (χ1n) is 12.1. The lowest BCUT2D eigenvalue weighted by Gasteiger charge is -2.33. The minimum atomic E-state index is -0.0971. The van der Waals surface area contributed by atoms with Gasteiger partial charge in [-0.05, 0) is 31.2 Å². The second-order valence-corrected chi connectivity index (χ2v) is 9.20. The Kier molecular flexibility index (Phi) is 13.2. The molecular weight excluding hydrogens is 344 g/mol. The molecule has 3 nitrogen and oxygen atoms in total. The van der Waals surface area contributed by atoms with Crippen molar-refractivity contribution in [1.29, 1.82) is 0 Å². The lowest BCUT2D eigenvalue weighted by Crippen LogP contribution is -2.29. The summed E-state index contributed by atoms with van der Waals surface area (Å²) >= 11 is 0. The van der Waals surface area contributed by atoms with Crippen LogP contribution in [0.2, 0.25) is 0 Å². The molecule has 162 valence electrons. The summed E-state index contributed by atoms with van der Waals surface area (Å²) in [6.45, 7) is 9.18. The fraction of sp³-hybridized carbons (Fsp3) is 0.840. The number of nitrogens with one attached hydrogen (secondary N) is 1. The fourth-order valence-electron chi connectivity index (χ4n) is 4.49. The smallest absolute Gasteiger partial charge is 0.264 e. The van der Waals surface area contributed by atoms with Crippen molar-refractivity contribution in [3.8, 4) is 0 Å². The van der Waals surface area contributed by atoms with Crippen LogP contribution in [-0.4, -0.2) is 10.2 Å². The Hall–Kier alpha value is -1.12. The van der Waals surface area contributed by atoms with Crippen LogP contribution >= 0.6 is 0 Å². The van der Waals surface area contributed by atoms with E-state index >= 15 is 0 Å². The van der Waals surface area contributed by atoms with E-state index in [9.17, 15) is 4.79 Å². The number of aromatic nitrogens is 2. The van der Waals surface area contributed by atoms with Crippen molar-refractivity contribution in [3.05, 3.63) is 28.2 Å². The standard InChI is InChI=1S/C25H46N2O/c1-5-7-14-20-25(19-6-2,23-17-18-24(28)27-26-23)21-15-12-10-8-9-11-13-16-22(3)4/h17-18,22H,5-16,19-21H2,1-4H3,(H,27,28). The quantitative estimate of drug-likeness (QED) is 0.279. The highest BCUT2D eigenvalue weighted by molar-refractivity contribution is 5.15. The Morgan fingerprint density at radius 1 is 0.821 bits per heavy atom.